The molecule has 12 heavy (non-hydrogen) atoms. The number of rotatable bonds is 5. The Hall–Kier alpha value is -0.630. The first-order valence-corrected chi connectivity index (χ1v) is 4.54. The van der Waals surface area contributed by atoms with Crippen molar-refractivity contribution in [1.29, 1.82) is 0 Å². The van der Waals surface area contributed by atoms with Crippen LogP contribution < -0.4 is 5.32 Å². The molecule has 0 aromatic heterocycles. The Morgan fingerprint density at radius 1 is 1.50 bits per heavy atom. The van der Waals surface area contributed by atoms with Crippen LogP contribution in [0.4, 0.5) is 0 Å². The van der Waals surface area contributed by atoms with Gasteiger partial charge in [0.25, 0.3) is 0 Å². The first-order valence-electron chi connectivity index (χ1n) is 3.91. The Labute approximate surface area is 80.7 Å². The van der Waals surface area contributed by atoms with Crippen molar-refractivity contribution in [2.45, 2.75) is 13.3 Å². The van der Waals surface area contributed by atoms with Crippen LogP contribution in [-0.2, 0) is 0 Å². The second-order valence-electron chi connectivity index (χ2n) is 2.85. The van der Waals surface area contributed by atoms with Crippen molar-refractivity contribution in [2.24, 2.45) is 0 Å². The maximum absolute atomic E-state index is 4.14. The van der Waals surface area contributed by atoms with Crippen molar-refractivity contribution >= 4 is 12.6 Å². The Morgan fingerprint density at radius 2 is 2.08 bits per heavy atom. The second-order valence-corrected chi connectivity index (χ2v) is 3.17. The summed E-state index contributed by atoms with van der Waals surface area (Å²) < 4.78 is 0. The molecule has 0 heterocycles. The quantitative estimate of drug-likeness (QED) is 0.379. The fourth-order valence-electron chi connectivity index (χ4n) is 0.871. The monoisotopic (exact) mass is 183 g/mol. The largest absolute Gasteiger partial charge is 0.389 e. The van der Waals surface area contributed by atoms with Gasteiger partial charge in [0.2, 0.25) is 0 Å². The second kappa shape index (κ2) is 5.95. The summed E-state index contributed by atoms with van der Waals surface area (Å²) in [6.07, 6.45) is 2.93. The zero-order valence-corrected chi connectivity index (χ0v) is 8.75. The van der Waals surface area contributed by atoms with Gasteiger partial charge < -0.3 is 5.32 Å². The average Bonchev–Trinajstić information content (AvgIpc) is 2.03. The van der Waals surface area contributed by atoms with E-state index in [1.54, 1.807) is 0 Å². The first kappa shape index (κ1) is 11.4. The number of likely N-dealkylation sites (N-methyl/N-ethyl adjacent to an activating group) is 1. The minimum atomic E-state index is 0.747. The normalized spacial score (nSPS) is 11.1. The maximum Gasteiger partial charge on any atom is 0.0264 e. The third kappa shape index (κ3) is 5.08. The molecule has 0 fully saturated rings. The molecule has 0 saturated heterocycles. The van der Waals surface area contributed by atoms with Crippen LogP contribution in [0, 0.1) is 0 Å². The third-order valence-electron chi connectivity index (χ3n) is 1.49. The van der Waals surface area contributed by atoms with Gasteiger partial charge in [0, 0.05) is 18.5 Å². The number of allylic oxidation sites excluding steroid dienone is 2. The predicted octanol–water partition coefficient (Wildman–Crippen LogP) is 2.54. The number of hydrogen-bond acceptors (Lipinski definition) is 2. The molecule has 0 amide bonds. The van der Waals surface area contributed by atoms with Crippen molar-refractivity contribution in [1.82, 2.24) is 5.32 Å². The Kier molecular flexibility index (Phi) is 5.64. The lowest BCUT2D eigenvalue weighted by molar-refractivity contribution is 1.02. The lowest BCUT2D eigenvalue weighted by Crippen LogP contribution is -2.01. The highest BCUT2D eigenvalue weighted by molar-refractivity contribution is 7.80. The van der Waals surface area contributed by atoms with Gasteiger partial charge in [-0.05, 0) is 19.4 Å². The van der Waals surface area contributed by atoms with E-state index >= 15 is 0 Å². The summed E-state index contributed by atoms with van der Waals surface area (Å²) in [7, 11) is 1.86. The minimum Gasteiger partial charge on any atom is -0.389 e. The summed E-state index contributed by atoms with van der Waals surface area (Å²) in [5, 5.41) is 2.97. The highest BCUT2D eigenvalue weighted by Crippen LogP contribution is 2.10. The Balaban J connectivity index is 4.02. The first-order chi connectivity index (χ1) is 5.60. The molecule has 0 aliphatic rings. The molecule has 0 radical (unpaired) electrons. The van der Waals surface area contributed by atoms with Crippen LogP contribution >= 0.6 is 12.6 Å². The molecule has 1 N–H and O–H groups in total. The standard InChI is InChI=1S/C10H17NS/c1-8(5-9(2)7-12)6-10(3)11-4/h6,11-12H,2-3,5,7H2,1,4H3/b8-6+. The summed E-state index contributed by atoms with van der Waals surface area (Å²) in [4.78, 5) is 0. The molecular weight excluding hydrogens is 166 g/mol. The molecule has 0 aliphatic heterocycles. The van der Waals surface area contributed by atoms with Crippen LogP contribution in [0.3, 0.4) is 0 Å². The zero-order chi connectivity index (χ0) is 9.56. The summed E-state index contributed by atoms with van der Waals surface area (Å²) in [6.45, 7) is 9.76. The third-order valence-corrected chi connectivity index (χ3v) is 1.94. The maximum atomic E-state index is 4.14. The van der Waals surface area contributed by atoms with Gasteiger partial charge in [-0.2, -0.15) is 12.6 Å². The highest BCUT2D eigenvalue weighted by Gasteiger charge is 1.93. The summed E-state index contributed by atoms with van der Waals surface area (Å²) in [5.74, 6) is 0.747. The van der Waals surface area contributed by atoms with Crippen molar-refractivity contribution in [2.75, 3.05) is 12.8 Å². The van der Waals surface area contributed by atoms with Gasteiger partial charge in [-0.3, -0.25) is 0 Å². The van der Waals surface area contributed by atoms with E-state index in [-0.39, 0.29) is 0 Å². The van der Waals surface area contributed by atoms with E-state index in [9.17, 15) is 0 Å². The van der Waals surface area contributed by atoms with E-state index in [1.165, 1.54) is 5.57 Å². The zero-order valence-electron chi connectivity index (χ0n) is 7.85. The van der Waals surface area contributed by atoms with Crippen LogP contribution in [0.5, 0.6) is 0 Å². The lowest BCUT2D eigenvalue weighted by atomic mass is 10.1. The van der Waals surface area contributed by atoms with E-state index in [1.807, 2.05) is 13.1 Å². The van der Waals surface area contributed by atoms with Gasteiger partial charge >= 0.3 is 0 Å². The van der Waals surface area contributed by atoms with Crippen molar-refractivity contribution in [3.63, 3.8) is 0 Å². The van der Waals surface area contributed by atoms with Gasteiger partial charge in [-0.1, -0.05) is 24.3 Å². The summed E-state index contributed by atoms with van der Waals surface area (Å²) in [6, 6.07) is 0. The van der Waals surface area contributed by atoms with Crippen molar-refractivity contribution in [3.05, 3.63) is 36.1 Å². The fourth-order valence-corrected chi connectivity index (χ4v) is 0.983. The lowest BCUT2D eigenvalue weighted by Gasteiger charge is -2.03. The topological polar surface area (TPSA) is 12.0 Å². The molecule has 1 nitrogen and oxygen atoms in total. The molecule has 0 bridgehead atoms. The smallest absolute Gasteiger partial charge is 0.0264 e. The predicted molar refractivity (Wildman–Crippen MR) is 59.6 cm³/mol. The molecule has 0 atom stereocenters. The SMILES string of the molecule is C=C(CS)C/C(C)=C/C(=C)NC. The van der Waals surface area contributed by atoms with Crippen LogP contribution in [0.25, 0.3) is 0 Å². The van der Waals surface area contributed by atoms with Crippen LogP contribution in [0.15, 0.2) is 36.1 Å². The van der Waals surface area contributed by atoms with Crippen LogP contribution in [-0.4, -0.2) is 12.8 Å². The summed E-state index contributed by atoms with van der Waals surface area (Å²) >= 11 is 4.14. The van der Waals surface area contributed by atoms with E-state index in [4.69, 9.17) is 0 Å². The molecule has 0 saturated carbocycles. The average molecular weight is 183 g/mol. The van der Waals surface area contributed by atoms with E-state index in [0.717, 1.165) is 23.4 Å². The molecule has 0 aromatic rings. The van der Waals surface area contributed by atoms with Crippen molar-refractivity contribution < 1.29 is 0 Å². The van der Waals surface area contributed by atoms with E-state index < -0.39 is 0 Å². The molecule has 0 aliphatic carbocycles. The Bertz CT molecular complexity index is 204. The van der Waals surface area contributed by atoms with E-state index in [2.05, 4.69) is 38.0 Å². The van der Waals surface area contributed by atoms with Gasteiger partial charge in [-0.25, -0.2) is 0 Å². The van der Waals surface area contributed by atoms with Crippen molar-refractivity contribution in [3.8, 4) is 0 Å². The molecule has 0 rings (SSSR count). The molecule has 0 aromatic carbocycles. The van der Waals surface area contributed by atoms with Crippen LogP contribution in [0.2, 0.25) is 0 Å². The van der Waals surface area contributed by atoms with Gasteiger partial charge in [0.05, 0.1) is 0 Å². The molecular formula is C10H17NS. The van der Waals surface area contributed by atoms with Crippen LogP contribution in [0.1, 0.15) is 13.3 Å². The minimum absolute atomic E-state index is 0.747. The number of hydrogen-bond donors (Lipinski definition) is 2. The number of thiol groups is 1. The highest BCUT2D eigenvalue weighted by atomic mass is 32.1. The molecule has 68 valence electrons. The number of nitrogens with one attached hydrogen (secondary N) is 1. The van der Waals surface area contributed by atoms with E-state index in [0.29, 0.717) is 0 Å². The molecule has 0 spiro atoms. The van der Waals surface area contributed by atoms with Gasteiger partial charge in [-0.15, -0.1) is 0 Å². The van der Waals surface area contributed by atoms with Gasteiger partial charge in [0.15, 0.2) is 0 Å². The molecule has 0 unspecified atom stereocenters. The molecule has 2 heteroatoms. The Morgan fingerprint density at radius 3 is 2.50 bits per heavy atom. The van der Waals surface area contributed by atoms with Gasteiger partial charge in [0.1, 0.15) is 0 Å². The summed E-state index contributed by atoms with van der Waals surface area (Å²) in [5.41, 5.74) is 3.32. The fraction of sp³-hybridized carbons (Fsp3) is 0.400.